The summed E-state index contributed by atoms with van der Waals surface area (Å²) < 4.78 is 39.0. The lowest BCUT2D eigenvalue weighted by atomic mass is 10.2. The van der Waals surface area contributed by atoms with E-state index >= 15 is 0 Å². The predicted octanol–water partition coefficient (Wildman–Crippen LogP) is 5.39. The molecule has 0 amide bonds. The highest BCUT2D eigenvalue weighted by atomic mass is 19.4. The number of benzene rings is 1. The number of fused-ring (bicyclic) bond motifs is 1. The number of piperazine rings is 1. The molecule has 1 aliphatic heterocycles. The number of hydrogen-bond acceptors (Lipinski definition) is 7. The van der Waals surface area contributed by atoms with Gasteiger partial charge in [-0.1, -0.05) is 6.07 Å². The van der Waals surface area contributed by atoms with Crippen LogP contribution in [0.25, 0.3) is 11.0 Å². The van der Waals surface area contributed by atoms with Gasteiger partial charge in [0, 0.05) is 44.5 Å². The quantitative estimate of drug-likeness (QED) is 0.309. The molecule has 11 heteroatoms. The second-order valence-corrected chi connectivity index (χ2v) is 9.63. The highest BCUT2D eigenvalue weighted by Gasteiger charge is 2.30. The molecule has 2 aliphatic rings. The van der Waals surface area contributed by atoms with E-state index in [4.69, 9.17) is 0 Å². The van der Waals surface area contributed by atoms with Crippen LogP contribution in [0.2, 0.25) is 0 Å². The molecule has 37 heavy (non-hydrogen) atoms. The summed E-state index contributed by atoms with van der Waals surface area (Å²) in [5, 5.41) is 6.09. The Bertz CT molecular complexity index is 1370. The molecule has 1 saturated carbocycles. The van der Waals surface area contributed by atoms with Gasteiger partial charge in [0.25, 0.3) is 0 Å². The van der Waals surface area contributed by atoms with Crippen LogP contribution in [0.1, 0.15) is 18.4 Å². The highest BCUT2D eigenvalue weighted by molar-refractivity contribution is 5.80. The number of nitrogens with one attached hydrogen (secondary N) is 3. The summed E-state index contributed by atoms with van der Waals surface area (Å²) in [7, 11) is 0. The van der Waals surface area contributed by atoms with Crippen LogP contribution in [0, 0.1) is 5.92 Å². The number of alkyl halides is 3. The number of nitrogens with zero attached hydrogens (tertiary/aromatic N) is 5. The minimum Gasteiger partial charge on any atom is -0.368 e. The zero-order valence-corrected chi connectivity index (χ0v) is 20.1. The predicted molar refractivity (Wildman–Crippen MR) is 138 cm³/mol. The summed E-state index contributed by atoms with van der Waals surface area (Å²) in [5.74, 6) is 2.47. The van der Waals surface area contributed by atoms with Gasteiger partial charge in [-0.2, -0.15) is 13.2 Å². The fourth-order valence-electron chi connectivity index (χ4n) is 4.58. The van der Waals surface area contributed by atoms with Gasteiger partial charge in [-0.15, -0.1) is 0 Å². The molecule has 0 unspecified atom stereocenters. The first-order valence-corrected chi connectivity index (χ1v) is 12.4. The van der Waals surface area contributed by atoms with Crippen molar-refractivity contribution in [1.82, 2.24) is 24.8 Å². The molecule has 1 aliphatic carbocycles. The standard InChI is InChI=1S/C26H27F3N8/c27-26(28,29)18-2-1-3-19(12-18)32-24-13-21-22(15-31-24)34-25(33-21)35-23-7-6-20(14-30-23)37-10-8-36(9-11-37)16-17-4-5-17/h1-3,6-7,12-15,17H,4-5,8-11,16H2,(H,31,32)(H2,30,33,34,35). The molecule has 4 aromatic rings. The van der Waals surface area contributed by atoms with Crippen molar-refractivity contribution >= 4 is 40.0 Å². The second-order valence-electron chi connectivity index (χ2n) is 9.63. The van der Waals surface area contributed by atoms with E-state index in [1.807, 2.05) is 12.3 Å². The molecule has 3 N–H and O–H groups in total. The third kappa shape index (κ3) is 5.61. The van der Waals surface area contributed by atoms with E-state index in [1.165, 1.54) is 25.5 Å². The Morgan fingerprint density at radius 1 is 0.919 bits per heavy atom. The summed E-state index contributed by atoms with van der Waals surface area (Å²) in [4.78, 5) is 21.5. The Morgan fingerprint density at radius 3 is 2.46 bits per heavy atom. The lowest BCUT2D eigenvalue weighted by molar-refractivity contribution is -0.137. The van der Waals surface area contributed by atoms with E-state index in [2.05, 4.69) is 46.4 Å². The highest BCUT2D eigenvalue weighted by Crippen LogP contribution is 2.32. The van der Waals surface area contributed by atoms with E-state index in [-0.39, 0.29) is 0 Å². The minimum atomic E-state index is -4.41. The van der Waals surface area contributed by atoms with Crippen molar-refractivity contribution < 1.29 is 13.2 Å². The van der Waals surface area contributed by atoms with Crippen LogP contribution in [0.3, 0.4) is 0 Å². The molecule has 0 spiro atoms. The summed E-state index contributed by atoms with van der Waals surface area (Å²) in [6.07, 6.45) is 1.83. The van der Waals surface area contributed by atoms with Crippen molar-refractivity contribution in [2.24, 2.45) is 5.92 Å². The van der Waals surface area contributed by atoms with Crippen LogP contribution in [-0.2, 0) is 6.18 Å². The average Bonchev–Trinajstić information content (AvgIpc) is 3.61. The van der Waals surface area contributed by atoms with E-state index < -0.39 is 11.7 Å². The molecule has 0 bridgehead atoms. The number of pyridine rings is 2. The number of imidazole rings is 1. The van der Waals surface area contributed by atoms with Crippen LogP contribution >= 0.6 is 0 Å². The normalized spacial score (nSPS) is 16.8. The van der Waals surface area contributed by atoms with Crippen molar-refractivity contribution in [1.29, 1.82) is 0 Å². The summed E-state index contributed by atoms with van der Waals surface area (Å²) in [6, 6.07) is 10.7. The first-order chi connectivity index (χ1) is 17.9. The van der Waals surface area contributed by atoms with Crippen molar-refractivity contribution in [3.63, 3.8) is 0 Å². The second kappa shape index (κ2) is 9.55. The van der Waals surface area contributed by atoms with Gasteiger partial charge in [-0.05, 0) is 49.1 Å². The van der Waals surface area contributed by atoms with Crippen molar-refractivity contribution in [2.75, 3.05) is 48.3 Å². The molecule has 4 heterocycles. The molecule has 2 fully saturated rings. The Hall–Kier alpha value is -3.86. The monoisotopic (exact) mass is 508 g/mol. The van der Waals surface area contributed by atoms with Gasteiger partial charge < -0.3 is 20.5 Å². The van der Waals surface area contributed by atoms with Crippen molar-refractivity contribution in [2.45, 2.75) is 19.0 Å². The maximum atomic E-state index is 13.0. The number of rotatable bonds is 7. The number of aromatic nitrogens is 4. The van der Waals surface area contributed by atoms with Gasteiger partial charge in [0.05, 0.1) is 34.7 Å². The van der Waals surface area contributed by atoms with E-state index in [9.17, 15) is 13.2 Å². The van der Waals surface area contributed by atoms with Crippen molar-refractivity contribution in [3.05, 3.63) is 60.4 Å². The number of hydrogen-bond donors (Lipinski definition) is 3. The third-order valence-electron chi connectivity index (χ3n) is 6.77. The topological polar surface area (TPSA) is 85.0 Å². The maximum Gasteiger partial charge on any atom is 0.416 e. The van der Waals surface area contributed by atoms with Crippen LogP contribution in [0.4, 0.5) is 42.1 Å². The van der Waals surface area contributed by atoms with Gasteiger partial charge in [0.2, 0.25) is 5.95 Å². The molecule has 192 valence electrons. The van der Waals surface area contributed by atoms with Gasteiger partial charge >= 0.3 is 6.18 Å². The molecule has 1 saturated heterocycles. The minimum absolute atomic E-state index is 0.296. The number of H-pyrrole nitrogens is 1. The average molecular weight is 509 g/mol. The summed E-state index contributed by atoms with van der Waals surface area (Å²) in [5.41, 5.74) is 1.99. The Labute approximate surface area is 211 Å². The first-order valence-electron chi connectivity index (χ1n) is 12.4. The summed E-state index contributed by atoms with van der Waals surface area (Å²) in [6.45, 7) is 5.44. The molecule has 6 rings (SSSR count). The zero-order chi connectivity index (χ0) is 25.4. The number of halogens is 3. The third-order valence-corrected chi connectivity index (χ3v) is 6.77. The van der Waals surface area contributed by atoms with E-state index in [0.29, 0.717) is 34.3 Å². The van der Waals surface area contributed by atoms with E-state index in [0.717, 1.165) is 49.9 Å². The summed E-state index contributed by atoms with van der Waals surface area (Å²) >= 11 is 0. The van der Waals surface area contributed by atoms with E-state index in [1.54, 1.807) is 18.3 Å². The fourth-order valence-corrected chi connectivity index (χ4v) is 4.58. The molecule has 0 atom stereocenters. The molecular weight excluding hydrogens is 481 g/mol. The molecule has 8 nitrogen and oxygen atoms in total. The Morgan fingerprint density at radius 2 is 1.73 bits per heavy atom. The SMILES string of the molecule is FC(F)(F)c1cccc(Nc2cc3nc(Nc4ccc(N5CCN(CC6CC6)CC5)cn4)[nH]c3cn2)c1. The lowest BCUT2D eigenvalue weighted by Crippen LogP contribution is -2.47. The lowest BCUT2D eigenvalue weighted by Gasteiger charge is -2.36. The van der Waals surface area contributed by atoms with Gasteiger partial charge in [0.1, 0.15) is 11.6 Å². The molecular formula is C26H27F3N8. The van der Waals surface area contributed by atoms with Gasteiger partial charge in [0.15, 0.2) is 0 Å². The van der Waals surface area contributed by atoms with Gasteiger partial charge in [-0.3, -0.25) is 4.90 Å². The van der Waals surface area contributed by atoms with Crippen LogP contribution in [0.5, 0.6) is 0 Å². The van der Waals surface area contributed by atoms with Crippen LogP contribution in [0.15, 0.2) is 54.9 Å². The fraction of sp³-hybridized carbons (Fsp3) is 0.346. The number of aromatic amines is 1. The largest absolute Gasteiger partial charge is 0.416 e. The molecule has 0 radical (unpaired) electrons. The Kier molecular flexibility index (Phi) is 6.07. The maximum absolute atomic E-state index is 13.0. The Balaban J connectivity index is 1.09. The van der Waals surface area contributed by atoms with Crippen molar-refractivity contribution in [3.8, 4) is 0 Å². The van der Waals surface area contributed by atoms with Crippen LogP contribution < -0.4 is 15.5 Å². The smallest absolute Gasteiger partial charge is 0.368 e. The number of anilines is 5. The van der Waals surface area contributed by atoms with Gasteiger partial charge in [-0.25, -0.2) is 15.0 Å². The molecule has 1 aromatic carbocycles. The zero-order valence-electron chi connectivity index (χ0n) is 20.1. The van der Waals surface area contributed by atoms with Crippen LogP contribution in [-0.4, -0.2) is 57.6 Å². The first kappa shape index (κ1) is 23.5. The molecule has 3 aromatic heterocycles.